The van der Waals surface area contributed by atoms with Crippen LogP contribution in [0.5, 0.6) is 0 Å². The van der Waals surface area contributed by atoms with Gasteiger partial charge in [-0.3, -0.25) is 0 Å². The highest BCUT2D eigenvalue weighted by Gasteiger charge is 2.19. The lowest BCUT2D eigenvalue weighted by atomic mass is 10.2. The summed E-state index contributed by atoms with van der Waals surface area (Å²) in [7, 11) is 2.15. The maximum atomic E-state index is 13.2. The summed E-state index contributed by atoms with van der Waals surface area (Å²) < 4.78 is 13.2. The van der Waals surface area contributed by atoms with Crippen molar-refractivity contribution >= 4 is 11.6 Å². The molecule has 1 atom stereocenters. The van der Waals surface area contributed by atoms with E-state index in [2.05, 4.69) is 17.3 Å². The van der Waals surface area contributed by atoms with Gasteiger partial charge >= 0.3 is 0 Å². The molecule has 1 saturated heterocycles. The van der Waals surface area contributed by atoms with Gasteiger partial charge in [0.05, 0.1) is 5.02 Å². The van der Waals surface area contributed by atoms with Crippen LogP contribution in [0.25, 0.3) is 0 Å². The third kappa shape index (κ3) is 3.41. The normalized spacial score (nSPS) is 21.0. The topological polar surface area (TPSA) is 15.3 Å². The fraction of sp³-hybridized carbons (Fsp3) is 0.538. The van der Waals surface area contributed by atoms with E-state index in [-0.39, 0.29) is 10.8 Å². The van der Waals surface area contributed by atoms with Gasteiger partial charge in [-0.2, -0.15) is 0 Å². The Balaban J connectivity index is 1.79. The number of hydrogen-bond acceptors (Lipinski definition) is 2. The van der Waals surface area contributed by atoms with Gasteiger partial charge < -0.3 is 10.2 Å². The van der Waals surface area contributed by atoms with Gasteiger partial charge in [0, 0.05) is 19.1 Å². The molecule has 2 rings (SSSR count). The number of likely N-dealkylation sites (N-methyl/N-ethyl adjacent to an activating group) is 1. The first-order valence-electron chi connectivity index (χ1n) is 6.01. The number of likely N-dealkylation sites (tertiary alicyclic amines) is 1. The lowest BCUT2D eigenvalue weighted by Crippen LogP contribution is -2.35. The predicted octanol–water partition coefficient (Wildman–Crippen LogP) is 2.66. The van der Waals surface area contributed by atoms with E-state index >= 15 is 0 Å². The molecule has 1 heterocycles. The zero-order chi connectivity index (χ0) is 12.3. The van der Waals surface area contributed by atoms with Gasteiger partial charge in [-0.1, -0.05) is 17.7 Å². The molecule has 94 valence electrons. The van der Waals surface area contributed by atoms with Crippen LogP contribution < -0.4 is 5.32 Å². The number of nitrogens with one attached hydrogen (secondary N) is 1. The second kappa shape index (κ2) is 5.80. The van der Waals surface area contributed by atoms with Crippen LogP contribution in [0.1, 0.15) is 18.4 Å². The molecule has 1 unspecified atom stereocenters. The predicted molar refractivity (Wildman–Crippen MR) is 68.8 cm³/mol. The molecule has 1 aromatic carbocycles. The summed E-state index contributed by atoms with van der Waals surface area (Å²) in [6, 6.07) is 5.58. The summed E-state index contributed by atoms with van der Waals surface area (Å²) in [5.74, 6) is -0.344. The quantitative estimate of drug-likeness (QED) is 0.891. The van der Waals surface area contributed by atoms with Crippen LogP contribution in [-0.4, -0.2) is 31.1 Å². The minimum absolute atomic E-state index is 0.185. The molecule has 1 aliphatic heterocycles. The lowest BCUT2D eigenvalue weighted by Gasteiger charge is -2.19. The minimum Gasteiger partial charge on any atom is -0.311 e. The Morgan fingerprint density at radius 1 is 1.53 bits per heavy atom. The van der Waals surface area contributed by atoms with Crippen molar-refractivity contribution in [2.75, 3.05) is 20.1 Å². The van der Waals surface area contributed by atoms with Crippen molar-refractivity contribution in [3.05, 3.63) is 34.6 Å². The van der Waals surface area contributed by atoms with E-state index in [0.717, 1.165) is 12.1 Å². The van der Waals surface area contributed by atoms with Crippen molar-refractivity contribution in [2.45, 2.75) is 25.4 Å². The lowest BCUT2D eigenvalue weighted by molar-refractivity contribution is 0.300. The highest BCUT2D eigenvalue weighted by Crippen LogP contribution is 2.16. The average molecular weight is 257 g/mol. The monoisotopic (exact) mass is 256 g/mol. The summed E-state index contributed by atoms with van der Waals surface area (Å²) in [6.45, 7) is 2.83. The molecule has 1 fully saturated rings. The molecule has 0 amide bonds. The molecular formula is C13H18ClFN2. The molecule has 0 aromatic heterocycles. The molecular weight excluding hydrogens is 239 g/mol. The molecule has 1 N–H and O–H groups in total. The Morgan fingerprint density at radius 3 is 3.00 bits per heavy atom. The zero-order valence-electron chi connectivity index (χ0n) is 10.0. The van der Waals surface area contributed by atoms with Crippen LogP contribution in [0.2, 0.25) is 5.02 Å². The van der Waals surface area contributed by atoms with E-state index in [0.29, 0.717) is 12.6 Å². The van der Waals surface area contributed by atoms with Crippen molar-refractivity contribution in [3.8, 4) is 0 Å². The Bertz CT molecular complexity index is 384. The molecule has 0 radical (unpaired) electrons. The molecule has 0 aliphatic carbocycles. The number of halogens is 2. The Morgan fingerprint density at radius 2 is 2.35 bits per heavy atom. The molecule has 0 saturated carbocycles. The summed E-state index contributed by atoms with van der Waals surface area (Å²) in [6.07, 6.45) is 2.52. The first-order valence-corrected chi connectivity index (χ1v) is 6.39. The number of benzene rings is 1. The fourth-order valence-electron chi connectivity index (χ4n) is 2.27. The largest absolute Gasteiger partial charge is 0.311 e. The molecule has 4 heteroatoms. The van der Waals surface area contributed by atoms with E-state index in [1.807, 2.05) is 6.07 Å². The first kappa shape index (κ1) is 12.8. The van der Waals surface area contributed by atoms with Gasteiger partial charge in [0.15, 0.2) is 0 Å². The maximum Gasteiger partial charge on any atom is 0.142 e. The molecule has 17 heavy (non-hydrogen) atoms. The van der Waals surface area contributed by atoms with E-state index < -0.39 is 0 Å². The fourth-order valence-corrected chi connectivity index (χ4v) is 2.39. The number of rotatable bonds is 4. The molecule has 1 aliphatic rings. The van der Waals surface area contributed by atoms with Crippen LogP contribution in [0.3, 0.4) is 0 Å². The van der Waals surface area contributed by atoms with Crippen LogP contribution in [0.4, 0.5) is 4.39 Å². The smallest absolute Gasteiger partial charge is 0.142 e. The van der Waals surface area contributed by atoms with E-state index in [1.165, 1.54) is 25.5 Å². The third-order valence-corrected chi connectivity index (χ3v) is 3.67. The van der Waals surface area contributed by atoms with E-state index in [1.54, 1.807) is 6.07 Å². The molecule has 2 nitrogen and oxygen atoms in total. The van der Waals surface area contributed by atoms with E-state index in [9.17, 15) is 4.39 Å². The van der Waals surface area contributed by atoms with Crippen molar-refractivity contribution in [3.63, 3.8) is 0 Å². The standard InChI is InChI=1S/C13H18ClFN2/c1-17-6-2-3-11(17)9-16-8-10-4-5-12(14)13(15)7-10/h4-5,7,11,16H,2-3,6,8-9H2,1H3. The van der Waals surface area contributed by atoms with Crippen LogP contribution in [0, 0.1) is 5.82 Å². The summed E-state index contributed by atoms with van der Waals surface area (Å²) in [4.78, 5) is 2.37. The second-order valence-electron chi connectivity index (χ2n) is 4.66. The summed E-state index contributed by atoms with van der Waals surface area (Å²) >= 11 is 5.64. The first-order chi connectivity index (χ1) is 8.16. The van der Waals surface area contributed by atoms with Gasteiger partial charge in [0.25, 0.3) is 0 Å². The van der Waals surface area contributed by atoms with Crippen molar-refractivity contribution in [2.24, 2.45) is 0 Å². The SMILES string of the molecule is CN1CCCC1CNCc1ccc(Cl)c(F)c1. The highest BCUT2D eigenvalue weighted by atomic mass is 35.5. The van der Waals surface area contributed by atoms with E-state index in [4.69, 9.17) is 11.6 Å². The Hall–Kier alpha value is -0.640. The van der Waals surface area contributed by atoms with Gasteiger partial charge in [0.2, 0.25) is 0 Å². The minimum atomic E-state index is -0.344. The highest BCUT2D eigenvalue weighted by molar-refractivity contribution is 6.30. The molecule has 1 aromatic rings. The maximum absolute atomic E-state index is 13.2. The number of hydrogen-bond donors (Lipinski definition) is 1. The zero-order valence-corrected chi connectivity index (χ0v) is 10.8. The molecule has 0 spiro atoms. The van der Waals surface area contributed by atoms with Crippen LogP contribution in [0.15, 0.2) is 18.2 Å². The number of nitrogens with zero attached hydrogens (tertiary/aromatic N) is 1. The van der Waals surface area contributed by atoms with Gasteiger partial charge in [-0.25, -0.2) is 4.39 Å². The van der Waals surface area contributed by atoms with Crippen LogP contribution >= 0.6 is 11.6 Å². The van der Waals surface area contributed by atoms with Gasteiger partial charge in [-0.05, 0) is 44.1 Å². The molecule has 0 bridgehead atoms. The summed E-state index contributed by atoms with van der Waals surface area (Å²) in [5.41, 5.74) is 0.938. The van der Waals surface area contributed by atoms with Gasteiger partial charge in [0.1, 0.15) is 5.82 Å². The Kier molecular flexibility index (Phi) is 4.37. The average Bonchev–Trinajstić information content (AvgIpc) is 2.70. The third-order valence-electron chi connectivity index (χ3n) is 3.36. The summed E-state index contributed by atoms with van der Waals surface area (Å²) in [5, 5.41) is 3.55. The Labute approximate surface area is 107 Å². The van der Waals surface area contributed by atoms with Crippen LogP contribution in [-0.2, 0) is 6.54 Å². The van der Waals surface area contributed by atoms with Crippen molar-refractivity contribution in [1.29, 1.82) is 0 Å². The second-order valence-corrected chi connectivity index (χ2v) is 5.06. The van der Waals surface area contributed by atoms with Gasteiger partial charge in [-0.15, -0.1) is 0 Å². The van der Waals surface area contributed by atoms with Crippen molar-refractivity contribution < 1.29 is 4.39 Å². The van der Waals surface area contributed by atoms with Crippen molar-refractivity contribution in [1.82, 2.24) is 10.2 Å².